The first-order chi connectivity index (χ1) is 64.0. The fraction of sp³-hybridized carbons (Fsp3) is 0.920. The van der Waals surface area contributed by atoms with Crippen LogP contribution in [0.2, 0.25) is 0 Å². The molecule has 0 aromatic rings. The predicted octanol–water partition coefficient (Wildman–Crippen LogP) is 0.768. The fourth-order valence-electron chi connectivity index (χ4n) is 16.0. The lowest BCUT2D eigenvalue weighted by Gasteiger charge is -2.42. The number of hydrogen-bond donors (Lipinski definition) is 23. The minimum atomic E-state index is -1.36. The molecule has 0 spiro atoms. The molecule has 39 nitrogen and oxygen atoms in total. The average molecular weight is 2000 g/mol. The first kappa shape index (κ1) is 133. The summed E-state index contributed by atoms with van der Waals surface area (Å²) in [4.78, 5) is 94.4. The molecule has 0 bridgehead atoms. The van der Waals surface area contributed by atoms with Crippen molar-refractivity contribution in [2.45, 2.75) is 499 Å². The summed E-state index contributed by atoms with van der Waals surface area (Å²) in [7, 11) is 0. The second-order valence-corrected chi connectivity index (χ2v) is 43.4. The Bertz CT molecular complexity index is 3360. The van der Waals surface area contributed by atoms with Gasteiger partial charge in [0, 0.05) is 129 Å². The van der Waals surface area contributed by atoms with Gasteiger partial charge in [0.15, 0.2) is 47.3 Å². The summed E-state index contributed by atoms with van der Waals surface area (Å²) in [5.74, 6) is -1.51. The zero-order valence-electron chi connectivity index (χ0n) is 89.4. The maximum atomic E-state index is 12.0. The van der Waals surface area contributed by atoms with Crippen LogP contribution in [0.1, 0.15) is 261 Å². The summed E-state index contributed by atoms with van der Waals surface area (Å²) in [6.45, 7) is 63.8. The Morgan fingerprint density at radius 3 is 0.734 bits per heavy atom. The van der Waals surface area contributed by atoms with Crippen molar-refractivity contribution in [3.05, 3.63) is 0 Å². The molecule has 8 fully saturated rings. The summed E-state index contributed by atoms with van der Waals surface area (Å²) >= 11 is 0. The molecular weight excluding hydrogens is 1810 g/mol. The van der Waals surface area contributed by atoms with Gasteiger partial charge >= 0.3 is 0 Å². The lowest BCUT2D eigenvalue weighted by atomic mass is 9.80. The standard InChI is InChI=1S/C14H26O5.C14H26O4.2C13H25NO4.2C12H23NO4.2C11H21NO4/c1-7(2)5-6-9-11(16)12(17)13(18)14(19-9)10(15)8(3)4;1-7(2)6-10-9(5)18-14(11(15)8(3)4)13(17)12(10)16;2*1-7(2)9(15)5-10-12(16)13(17)11(18-10)6-14-8(3)4;2*1-6(2)9(14)12-11(16)10(15)8(17-12)5-13-7(3)4;2*1-5(2)8(13)10-7(12-6(3)4)9(14)11(15)16-10/h7-9,11-14,16-18H,5-6H2,1-4H3;7-10,12-14,16-17H,6H2,1-5H3;2*7-8,10-14,16-17H,5-6H2,1-4H3;2*6-8,10-13,15-16H,5H2,1-4H3;2*5-7,9-12,14-15H,1-4H3/t9-,11?,12+,13?,14+;9?,10?,12-,13?,14-;10-,11+,12?,13?;10-,11-,12?,13?;8-,10?,11?,12+;8-,10?,11?,12-;7-,9+,10+,11-;7-,9+,10-,11-/m01011100/s1. The van der Waals surface area contributed by atoms with Gasteiger partial charge in [0.05, 0.1) is 67.0 Å². The number of hydrogen-bond acceptors (Lipinski definition) is 39. The molecule has 8 aliphatic heterocycles. The Labute approximate surface area is 827 Å². The minimum absolute atomic E-state index is 0.0451. The number of ether oxygens (including phenoxy) is 8. The molecule has 8 heterocycles. The van der Waals surface area contributed by atoms with Gasteiger partial charge in [-0.25, -0.2) is 0 Å². The van der Waals surface area contributed by atoms with Crippen LogP contribution in [0.15, 0.2) is 0 Å². The van der Waals surface area contributed by atoms with Crippen LogP contribution in [0.4, 0.5) is 0 Å². The van der Waals surface area contributed by atoms with E-state index in [1.165, 1.54) is 0 Å². The molecule has 0 aliphatic carbocycles. The highest BCUT2D eigenvalue weighted by Gasteiger charge is 2.54. The molecule has 13 unspecified atom stereocenters. The topological polar surface area (TPSA) is 626 Å². The van der Waals surface area contributed by atoms with Gasteiger partial charge < -0.3 is 157 Å². The molecule has 8 aliphatic rings. The Kier molecular flexibility index (Phi) is 61.0. The van der Waals surface area contributed by atoms with Crippen molar-refractivity contribution in [3.8, 4) is 0 Å². The molecule has 0 saturated carbocycles. The van der Waals surface area contributed by atoms with Gasteiger partial charge in [0.2, 0.25) is 0 Å². The van der Waals surface area contributed by atoms with Gasteiger partial charge in [-0.3, -0.25) is 38.4 Å². The van der Waals surface area contributed by atoms with Gasteiger partial charge in [0.25, 0.3) is 0 Å². The maximum absolute atomic E-state index is 12.0. The van der Waals surface area contributed by atoms with Gasteiger partial charge in [-0.2, -0.15) is 0 Å². The van der Waals surface area contributed by atoms with Crippen LogP contribution in [0, 0.1) is 65.1 Å². The van der Waals surface area contributed by atoms with E-state index < -0.39 is 196 Å². The maximum Gasteiger partial charge on any atom is 0.183 e. The van der Waals surface area contributed by atoms with Crippen LogP contribution >= 0.6 is 0 Å². The molecular formula is C100H190N6O33. The highest BCUT2D eigenvalue weighted by atomic mass is 16.6. The third-order valence-corrected chi connectivity index (χ3v) is 24.9. The van der Waals surface area contributed by atoms with Crippen molar-refractivity contribution < 1.29 is 163 Å². The van der Waals surface area contributed by atoms with Crippen molar-refractivity contribution in [3.63, 3.8) is 0 Å². The third kappa shape index (κ3) is 43.1. The summed E-state index contributed by atoms with van der Waals surface area (Å²) in [6.07, 6.45) is -25.3. The first-order valence-corrected chi connectivity index (χ1v) is 50.6. The summed E-state index contributed by atoms with van der Waals surface area (Å²) in [5.41, 5.74) is 0. The van der Waals surface area contributed by atoms with Gasteiger partial charge in [-0.15, -0.1) is 0 Å². The van der Waals surface area contributed by atoms with E-state index in [-0.39, 0.29) is 155 Å². The van der Waals surface area contributed by atoms with Gasteiger partial charge in [-0.1, -0.05) is 222 Å². The lowest BCUT2D eigenvalue weighted by molar-refractivity contribution is -0.222. The Morgan fingerprint density at radius 1 is 0.237 bits per heavy atom. The number of ketones is 8. The summed E-state index contributed by atoms with van der Waals surface area (Å²) in [5, 5.41) is 185. The third-order valence-electron chi connectivity index (χ3n) is 24.9. The van der Waals surface area contributed by atoms with Crippen LogP contribution in [0.3, 0.4) is 0 Å². The number of aliphatic hydroxyl groups excluding tert-OH is 17. The van der Waals surface area contributed by atoms with E-state index in [9.17, 15) is 125 Å². The molecule has 23 N–H and O–H groups in total. The summed E-state index contributed by atoms with van der Waals surface area (Å²) < 4.78 is 43.4. The number of carbonyl (C=O) groups excluding carboxylic acids is 8. The van der Waals surface area contributed by atoms with Crippen molar-refractivity contribution in [2.75, 3.05) is 26.2 Å². The largest absolute Gasteiger partial charge is 0.390 e. The molecule has 0 aromatic heterocycles. The molecule has 0 aromatic carbocycles. The van der Waals surface area contributed by atoms with E-state index in [0.29, 0.717) is 44.4 Å². The first-order valence-electron chi connectivity index (χ1n) is 50.6. The van der Waals surface area contributed by atoms with Crippen molar-refractivity contribution in [1.29, 1.82) is 0 Å². The summed E-state index contributed by atoms with van der Waals surface area (Å²) in [6, 6.07) is 0.246. The lowest BCUT2D eigenvalue weighted by Crippen LogP contribution is -2.60. The zero-order chi connectivity index (χ0) is 108. The van der Waals surface area contributed by atoms with Gasteiger partial charge in [0.1, 0.15) is 134 Å². The molecule has 8 saturated heterocycles. The predicted molar refractivity (Wildman–Crippen MR) is 521 cm³/mol. The van der Waals surface area contributed by atoms with Gasteiger partial charge in [-0.05, 0) is 38.0 Å². The molecule has 34 atom stereocenters. The quantitative estimate of drug-likeness (QED) is 0.0404. The van der Waals surface area contributed by atoms with Crippen molar-refractivity contribution in [1.82, 2.24) is 31.9 Å². The Balaban J connectivity index is 0.000000795. The van der Waals surface area contributed by atoms with Crippen LogP contribution < -0.4 is 31.9 Å². The van der Waals surface area contributed by atoms with Crippen LogP contribution in [0.25, 0.3) is 0 Å². The zero-order valence-corrected chi connectivity index (χ0v) is 89.4. The van der Waals surface area contributed by atoms with Crippen LogP contribution in [-0.2, 0) is 76.3 Å². The second-order valence-electron chi connectivity index (χ2n) is 43.4. The smallest absolute Gasteiger partial charge is 0.183 e. The van der Waals surface area contributed by atoms with Crippen molar-refractivity contribution >= 4 is 46.3 Å². The number of aliphatic hydroxyl groups is 17. The molecule has 818 valence electrons. The highest BCUT2D eigenvalue weighted by molar-refractivity contribution is 5.88. The molecule has 139 heavy (non-hydrogen) atoms. The minimum Gasteiger partial charge on any atom is -0.390 e. The normalized spacial score (nSPS) is 34.4. The number of nitrogens with one attached hydrogen (secondary N) is 6. The number of Topliss-reactive ketones (excluding diaryl/α,β-unsaturated/α-hetero) is 8. The van der Waals surface area contributed by atoms with E-state index in [1.807, 2.05) is 118 Å². The Morgan fingerprint density at radius 2 is 0.475 bits per heavy atom. The fourth-order valence-corrected chi connectivity index (χ4v) is 16.0. The molecule has 0 amide bonds. The van der Waals surface area contributed by atoms with E-state index in [4.69, 9.17) is 37.9 Å². The highest BCUT2D eigenvalue weighted by Crippen LogP contribution is 2.35. The average Bonchev–Trinajstić information content (AvgIpc) is 1.73. The second kappa shape index (κ2) is 63.7. The molecule has 8 rings (SSSR count). The SMILES string of the molecule is CC(C)CC1C(C)O[C@H](C(=O)C(C)C)C(O)[C@@H]1O.CC(C)CC[C@@H]1O[C@H](C(=O)C(C)C)C(O)[C@H](O)C1O.CC(C)NC[C@H]1O[C@@H](C(=O)C(C)C)C(O)C1O.CC(C)NC[C@H]1O[C@@H](CC(=O)C(C)C)C(O)C1O.CC(C)NC[C@H]1O[C@H](C(=O)C(C)C)C(O)C1O.CC(C)NC[C@H]1O[C@H](CC(=O)C(C)C)C(O)C1O.CC(C)N[C@H]1[C@@H](O)[C@@H](O)O[C@@H]1C(=O)C(C)C.CC(C)N[C@H]1[C@@H](O)[C@@H](O)O[C@H]1C(=O)C(C)C. The van der Waals surface area contributed by atoms with E-state index in [0.717, 1.165) is 12.8 Å². The number of carbonyl (C=O) groups is 8. The van der Waals surface area contributed by atoms with Crippen LogP contribution in [-0.4, -0.2) is 397 Å². The van der Waals surface area contributed by atoms with E-state index in [1.54, 1.807) is 83.1 Å². The van der Waals surface area contributed by atoms with E-state index >= 15 is 0 Å². The Hall–Kier alpha value is -3.88. The molecule has 39 heteroatoms. The molecule has 0 radical (unpaired) electrons. The monoisotopic (exact) mass is 2000 g/mol. The van der Waals surface area contributed by atoms with Crippen LogP contribution in [0.5, 0.6) is 0 Å². The van der Waals surface area contributed by atoms with E-state index in [2.05, 4.69) is 59.6 Å². The van der Waals surface area contributed by atoms with Crippen molar-refractivity contribution in [2.24, 2.45) is 65.1 Å². The number of rotatable bonds is 39.